The van der Waals surface area contributed by atoms with Crippen molar-refractivity contribution >= 4 is 16.9 Å². The van der Waals surface area contributed by atoms with Gasteiger partial charge < -0.3 is 5.11 Å². The molecule has 0 spiro atoms. The van der Waals surface area contributed by atoms with Gasteiger partial charge in [0.1, 0.15) is 6.04 Å². The molecule has 0 saturated heterocycles. The molecule has 0 aliphatic carbocycles. The van der Waals surface area contributed by atoms with Gasteiger partial charge in [-0.1, -0.05) is 56.3 Å². The quantitative estimate of drug-likeness (QED) is 0.727. The first-order valence-corrected chi connectivity index (χ1v) is 8.91. The third kappa shape index (κ3) is 3.69. The highest BCUT2D eigenvalue weighted by molar-refractivity contribution is 5.79. The number of carbonyl (C=O) groups is 1. The minimum Gasteiger partial charge on any atom is -0.480 e. The Kier molecular flexibility index (Phi) is 5.26. The zero-order valence-corrected chi connectivity index (χ0v) is 15.3. The van der Waals surface area contributed by atoms with Gasteiger partial charge in [-0.3, -0.25) is 9.36 Å². The average molecular weight is 366 g/mol. The zero-order valence-electron chi connectivity index (χ0n) is 15.3. The van der Waals surface area contributed by atoms with Gasteiger partial charge in [-0.05, 0) is 30.0 Å². The van der Waals surface area contributed by atoms with E-state index in [2.05, 4.69) is 0 Å². The van der Waals surface area contributed by atoms with Crippen LogP contribution in [0.2, 0.25) is 0 Å². The third-order valence-corrected chi connectivity index (χ3v) is 4.56. The second-order valence-electron chi connectivity index (χ2n) is 7.03. The van der Waals surface area contributed by atoms with Crippen LogP contribution in [0.5, 0.6) is 0 Å². The number of aromatic nitrogens is 2. The van der Waals surface area contributed by atoms with Crippen molar-refractivity contribution in [2.45, 2.75) is 32.9 Å². The Balaban J connectivity index is 2.30. The van der Waals surface area contributed by atoms with E-state index in [-0.39, 0.29) is 18.9 Å². The summed E-state index contributed by atoms with van der Waals surface area (Å²) in [5, 5.41) is 10.0. The lowest BCUT2D eigenvalue weighted by molar-refractivity contribution is -0.141. The standard InChI is InChI=1S/C21H22N2O4/c1-14(2)12-18(20(25)26)23-19(24)16-10-6-7-11-17(16)22(21(23)27)13-15-8-4-3-5-9-15/h3-11,14,18H,12-13H2,1-2H3,(H,25,26). The van der Waals surface area contributed by atoms with E-state index in [1.54, 1.807) is 24.3 Å². The first kappa shape index (κ1) is 18.6. The first-order valence-electron chi connectivity index (χ1n) is 8.91. The molecule has 1 heterocycles. The molecule has 1 N–H and O–H groups in total. The minimum atomic E-state index is -1.20. The van der Waals surface area contributed by atoms with Crippen LogP contribution in [0.4, 0.5) is 0 Å². The van der Waals surface area contributed by atoms with Crippen LogP contribution in [-0.2, 0) is 11.3 Å². The summed E-state index contributed by atoms with van der Waals surface area (Å²) in [4.78, 5) is 38.0. The Morgan fingerprint density at radius 2 is 1.63 bits per heavy atom. The van der Waals surface area contributed by atoms with Crippen molar-refractivity contribution in [2.75, 3.05) is 0 Å². The van der Waals surface area contributed by atoms with Gasteiger partial charge in [0.2, 0.25) is 0 Å². The monoisotopic (exact) mass is 366 g/mol. The second kappa shape index (κ2) is 7.61. The Morgan fingerprint density at radius 1 is 1.00 bits per heavy atom. The predicted octanol–water partition coefficient (Wildman–Crippen LogP) is 2.88. The molecule has 0 aliphatic rings. The van der Waals surface area contributed by atoms with Crippen LogP contribution in [0.1, 0.15) is 31.9 Å². The van der Waals surface area contributed by atoms with E-state index < -0.39 is 23.3 Å². The molecule has 0 aliphatic heterocycles. The molecular weight excluding hydrogens is 344 g/mol. The molecule has 0 fully saturated rings. The number of aliphatic carboxylic acids is 1. The first-order chi connectivity index (χ1) is 12.9. The molecule has 1 aromatic heterocycles. The maximum atomic E-state index is 13.2. The zero-order chi connectivity index (χ0) is 19.6. The Bertz CT molecular complexity index is 1080. The van der Waals surface area contributed by atoms with Gasteiger partial charge in [0, 0.05) is 0 Å². The van der Waals surface area contributed by atoms with Crippen molar-refractivity contribution < 1.29 is 9.90 Å². The molecule has 2 aromatic carbocycles. The Morgan fingerprint density at radius 3 is 2.26 bits per heavy atom. The van der Waals surface area contributed by atoms with Gasteiger partial charge in [-0.2, -0.15) is 0 Å². The number of benzene rings is 2. The molecule has 0 radical (unpaired) electrons. The van der Waals surface area contributed by atoms with Crippen LogP contribution in [0, 0.1) is 5.92 Å². The average Bonchev–Trinajstić information content (AvgIpc) is 2.65. The molecule has 0 saturated carbocycles. The smallest absolute Gasteiger partial charge is 0.332 e. The van der Waals surface area contributed by atoms with Crippen molar-refractivity contribution in [3.63, 3.8) is 0 Å². The number of nitrogens with zero attached hydrogens (tertiary/aromatic N) is 2. The van der Waals surface area contributed by atoms with Crippen molar-refractivity contribution in [1.82, 2.24) is 9.13 Å². The summed E-state index contributed by atoms with van der Waals surface area (Å²) in [6.45, 7) is 3.99. The molecule has 0 amide bonds. The van der Waals surface area contributed by atoms with Crippen LogP contribution in [-0.4, -0.2) is 20.2 Å². The largest absolute Gasteiger partial charge is 0.480 e. The number of rotatable bonds is 6. The minimum absolute atomic E-state index is 0.0199. The van der Waals surface area contributed by atoms with Gasteiger partial charge in [-0.15, -0.1) is 0 Å². The summed E-state index contributed by atoms with van der Waals surface area (Å²) in [7, 11) is 0. The highest BCUT2D eigenvalue weighted by atomic mass is 16.4. The number of hydrogen-bond donors (Lipinski definition) is 1. The lowest BCUT2D eigenvalue weighted by atomic mass is 10.0. The molecule has 140 valence electrons. The third-order valence-electron chi connectivity index (χ3n) is 4.56. The number of carboxylic acid groups (broad SMARTS) is 1. The maximum Gasteiger partial charge on any atom is 0.332 e. The van der Waals surface area contributed by atoms with E-state index in [9.17, 15) is 19.5 Å². The van der Waals surface area contributed by atoms with Gasteiger partial charge in [-0.25, -0.2) is 14.2 Å². The number of carboxylic acids is 1. The van der Waals surface area contributed by atoms with Gasteiger partial charge >= 0.3 is 11.7 Å². The summed E-state index contributed by atoms with van der Waals surface area (Å²) >= 11 is 0. The predicted molar refractivity (Wildman–Crippen MR) is 104 cm³/mol. The highest BCUT2D eigenvalue weighted by Crippen LogP contribution is 2.17. The molecular formula is C21H22N2O4. The summed E-state index contributed by atoms with van der Waals surface area (Å²) in [6, 6.07) is 15.0. The van der Waals surface area contributed by atoms with Crippen molar-refractivity contribution in [3.05, 3.63) is 81.0 Å². The van der Waals surface area contributed by atoms with Crippen molar-refractivity contribution in [2.24, 2.45) is 5.92 Å². The molecule has 3 aromatic rings. The molecule has 1 atom stereocenters. The fourth-order valence-corrected chi connectivity index (χ4v) is 3.30. The SMILES string of the molecule is CC(C)CC(C(=O)O)n1c(=O)c2ccccc2n(Cc2ccccc2)c1=O. The molecule has 1 unspecified atom stereocenters. The van der Waals surface area contributed by atoms with E-state index in [0.717, 1.165) is 10.1 Å². The summed E-state index contributed by atoms with van der Waals surface area (Å²) in [5.74, 6) is -1.16. The topological polar surface area (TPSA) is 81.3 Å². The molecule has 0 bridgehead atoms. The number of para-hydroxylation sites is 1. The number of hydrogen-bond acceptors (Lipinski definition) is 3. The fraction of sp³-hybridized carbons (Fsp3) is 0.286. The molecule has 3 rings (SSSR count). The normalized spacial score (nSPS) is 12.4. The van der Waals surface area contributed by atoms with Gasteiger partial charge in [0.15, 0.2) is 0 Å². The fourth-order valence-electron chi connectivity index (χ4n) is 3.30. The molecule has 6 nitrogen and oxygen atoms in total. The maximum absolute atomic E-state index is 13.2. The van der Waals surface area contributed by atoms with Crippen LogP contribution in [0.25, 0.3) is 10.9 Å². The van der Waals surface area contributed by atoms with Crippen LogP contribution in [0.3, 0.4) is 0 Å². The highest BCUT2D eigenvalue weighted by Gasteiger charge is 2.26. The van der Waals surface area contributed by atoms with E-state index in [4.69, 9.17) is 0 Å². The summed E-state index contributed by atoms with van der Waals surface area (Å²) in [6.07, 6.45) is 0.203. The van der Waals surface area contributed by atoms with E-state index >= 15 is 0 Å². The number of fused-ring (bicyclic) bond motifs is 1. The summed E-state index contributed by atoms with van der Waals surface area (Å²) in [5.41, 5.74) is 0.232. The van der Waals surface area contributed by atoms with E-state index in [0.29, 0.717) is 10.9 Å². The van der Waals surface area contributed by atoms with Crippen LogP contribution in [0.15, 0.2) is 64.2 Å². The van der Waals surface area contributed by atoms with E-state index in [1.807, 2.05) is 44.2 Å². The lowest BCUT2D eigenvalue weighted by Gasteiger charge is -2.20. The van der Waals surface area contributed by atoms with Crippen molar-refractivity contribution in [1.29, 1.82) is 0 Å². The van der Waals surface area contributed by atoms with Crippen molar-refractivity contribution in [3.8, 4) is 0 Å². The van der Waals surface area contributed by atoms with E-state index in [1.165, 1.54) is 4.57 Å². The molecule has 27 heavy (non-hydrogen) atoms. The lowest BCUT2D eigenvalue weighted by Crippen LogP contribution is -2.45. The Labute approximate surface area is 156 Å². The van der Waals surface area contributed by atoms with Gasteiger partial charge in [0.25, 0.3) is 5.56 Å². The molecule has 6 heteroatoms. The van der Waals surface area contributed by atoms with Crippen LogP contribution >= 0.6 is 0 Å². The van der Waals surface area contributed by atoms with Gasteiger partial charge in [0.05, 0.1) is 17.4 Å². The van der Waals surface area contributed by atoms with Crippen LogP contribution < -0.4 is 11.2 Å². The Hall–Kier alpha value is -3.15. The summed E-state index contributed by atoms with van der Waals surface area (Å²) < 4.78 is 2.37. The second-order valence-corrected chi connectivity index (χ2v) is 7.03.